The summed E-state index contributed by atoms with van der Waals surface area (Å²) in [7, 11) is -4.63. The molecule has 2 aromatic heterocycles. The Morgan fingerprint density at radius 2 is 0.750 bits per heavy atom. The second-order valence-electron chi connectivity index (χ2n) is 15.8. The number of hydrogen-bond acceptors (Lipinski definition) is 12. The maximum absolute atomic E-state index is 13.6. The Hall–Kier alpha value is -5.62. The summed E-state index contributed by atoms with van der Waals surface area (Å²) in [6.45, 7) is 11.2. The van der Waals surface area contributed by atoms with Gasteiger partial charge >= 0.3 is 0 Å². The van der Waals surface area contributed by atoms with Gasteiger partial charge in [-0.15, -0.1) is 0 Å². The number of aliphatic hydroxyl groups is 2. The van der Waals surface area contributed by atoms with E-state index < -0.39 is 42.8 Å². The first-order chi connectivity index (χ1) is 30.4. The predicted octanol–water partition coefficient (Wildman–Crippen LogP) is 7.11. The molecule has 64 heavy (non-hydrogen) atoms. The smallest absolute Gasteiger partial charge is 0.220 e. The van der Waals surface area contributed by atoms with Crippen LogP contribution in [-0.4, -0.2) is 80.3 Å². The summed E-state index contributed by atoms with van der Waals surface area (Å²) >= 11 is 0. The molecule has 0 saturated heterocycles. The van der Waals surface area contributed by atoms with E-state index in [1.54, 1.807) is 52.3 Å². The second kappa shape index (κ2) is 22.3. The minimum absolute atomic E-state index is 0.164. The van der Waals surface area contributed by atoms with Gasteiger partial charge in [-0.05, 0) is 88.1 Å². The number of benzene rings is 4. The fraction of sp³-hybridized carbons (Fsp3) is 0.333. The first-order valence-corrected chi connectivity index (χ1v) is 23.7. The van der Waals surface area contributed by atoms with Gasteiger partial charge in [0.2, 0.25) is 20.0 Å². The number of sulfonamides is 2. The summed E-state index contributed by atoms with van der Waals surface area (Å²) in [6.07, 6.45) is 3.26. The number of ether oxygens (including phenoxy) is 2. The Morgan fingerprint density at radius 3 is 1.00 bits per heavy atom. The molecule has 0 amide bonds. The largest absolute Gasteiger partial charge is 0.497 e. The van der Waals surface area contributed by atoms with E-state index in [2.05, 4.69) is 19.9 Å². The van der Waals surface area contributed by atoms with E-state index in [9.17, 15) is 27.0 Å². The molecule has 0 aliphatic rings. The molecule has 0 fully saturated rings. The normalized spacial score (nSPS) is 13.7. The lowest BCUT2D eigenvalue weighted by Gasteiger charge is -2.28. The molecule has 2 N–H and O–H groups in total. The Morgan fingerprint density at radius 1 is 0.469 bits per heavy atom. The van der Waals surface area contributed by atoms with Crippen molar-refractivity contribution < 1.29 is 36.5 Å². The molecule has 2 heterocycles. The standard InChI is InChI=1S/2C24H29N3O4S/c2*1-17-5-7-20(8-6-17)15-27(16-21-9-11-22(31-4)12-10-21)32(29,30)19(3)24(28)23-14-25-18(2)13-26-23/h2*5-14,19,24,28H,15-16H2,1-4H3/t19-,24+;19-,24-/m11/s1. The number of aryl methyl sites for hydroxylation is 4. The molecular formula is C48H58N6O8S2. The number of nitrogens with zero attached hydrogens (tertiary/aromatic N) is 6. The summed E-state index contributed by atoms with van der Waals surface area (Å²) in [4.78, 5) is 16.6. The fourth-order valence-corrected chi connectivity index (χ4v) is 9.71. The third kappa shape index (κ3) is 13.2. The van der Waals surface area contributed by atoms with Crippen LogP contribution in [0.2, 0.25) is 0 Å². The van der Waals surface area contributed by atoms with Gasteiger partial charge in [0.25, 0.3) is 0 Å². The van der Waals surface area contributed by atoms with Gasteiger partial charge in [0.1, 0.15) is 34.2 Å². The highest BCUT2D eigenvalue weighted by Gasteiger charge is 2.37. The zero-order chi connectivity index (χ0) is 46.6. The van der Waals surface area contributed by atoms with E-state index in [0.717, 1.165) is 33.4 Å². The molecule has 14 nitrogen and oxygen atoms in total. The van der Waals surface area contributed by atoms with Crippen molar-refractivity contribution in [3.05, 3.63) is 178 Å². The van der Waals surface area contributed by atoms with Crippen molar-refractivity contribution in [2.75, 3.05) is 14.2 Å². The Bertz CT molecular complexity index is 2420. The van der Waals surface area contributed by atoms with E-state index in [-0.39, 0.29) is 37.6 Å². The average molecular weight is 911 g/mol. The topological polar surface area (TPSA) is 185 Å². The summed E-state index contributed by atoms with van der Waals surface area (Å²) in [5.74, 6) is 1.40. The molecule has 4 aromatic carbocycles. The van der Waals surface area contributed by atoms with E-state index in [1.165, 1.54) is 47.2 Å². The van der Waals surface area contributed by atoms with E-state index in [4.69, 9.17) is 9.47 Å². The summed E-state index contributed by atoms with van der Waals surface area (Å²) < 4.78 is 67.6. The summed E-state index contributed by atoms with van der Waals surface area (Å²) in [5, 5.41) is 19.3. The number of methoxy groups -OCH3 is 2. The van der Waals surface area contributed by atoms with Crippen molar-refractivity contribution in [2.24, 2.45) is 0 Å². The van der Waals surface area contributed by atoms with Gasteiger partial charge in [0.15, 0.2) is 0 Å². The van der Waals surface area contributed by atoms with Crippen LogP contribution in [0.1, 0.15) is 82.2 Å². The zero-order valence-corrected chi connectivity index (χ0v) is 39.2. The second-order valence-corrected chi connectivity index (χ2v) is 20.3. The van der Waals surface area contributed by atoms with Gasteiger partial charge in [-0.1, -0.05) is 83.9 Å². The highest BCUT2D eigenvalue weighted by Crippen LogP contribution is 2.28. The molecule has 16 heteroatoms. The van der Waals surface area contributed by atoms with Crippen molar-refractivity contribution in [3.8, 4) is 11.5 Å². The van der Waals surface area contributed by atoms with Crippen LogP contribution in [0.3, 0.4) is 0 Å². The maximum Gasteiger partial charge on any atom is 0.220 e. The van der Waals surface area contributed by atoms with Gasteiger partial charge in [0.05, 0.1) is 49.4 Å². The number of rotatable bonds is 18. The number of aromatic nitrogens is 4. The van der Waals surface area contributed by atoms with E-state index in [1.807, 2.05) is 86.6 Å². The highest BCUT2D eigenvalue weighted by molar-refractivity contribution is 7.90. The first kappa shape index (κ1) is 49.4. The SMILES string of the molecule is COc1ccc(CN(Cc2ccc(C)cc2)S(=O)(=O)[C@H](C)[C@@H](O)c2cnc(C)cn2)cc1.COc1ccc(CN(Cc2ccc(C)cc2)S(=O)(=O)[C@H](C)[C@H](O)c2cnc(C)cn2)cc1. The maximum atomic E-state index is 13.6. The van der Waals surface area contributed by atoms with Crippen molar-refractivity contribution in [3.63, 3.8) is 0 Å². The van der Waals surface area contributed by atoms with E-state index in [0.29, 0.717) is 22.9 Å². The van der Waals surface area contributed by atoms with Crippen LogP contribution in [-0.2, 0) is 46.2 Å². The summed E-state index contributed by atoms with van der Waals surface area (Å²) in [6, 6.07) is 30.0. The Kier molecular flexibility index (Phi) is 17.2. The molecule has 0 bridgehead atoms. The van der Waals surface area contributed by atoms with Crippen molar-refractivity contribution >= 4 is 20.0 Å². The summed E-state index contributed by atoms with van der Waals surface area (Å²) in [5.41, 5.74) is 7.40. The van der Waals surface area contributed by atoms with Crippen LogP contribution in [0.15, 0.2) is 122 Å². The first-order valence-electron chi connectivity index (χ1n) is 20.7. The molecule has 0 unspecified atom stereocenters. The monoisotopic (exact) mass is 910 g/mol. The Labute approximate surface area is 377 Å². The van der Waals surface area contributed by atoms with Crippen molar-refractivity contribution in [1.29, 1.82) is 0 Å². The minimum atomic E-state index is -3.90. The average Bonchev–Trinajstić information content (AvgIpc) is 3.30. The fourth-order valence-electron chi connectivity index (χ4n) is 6.52. The molecule has 6 aromatic rings. The molecular weight excluding hydrogens is 853 g/mol. The van der Waals surface area contributed by atoms with Gasteiger partial charge < -0.3 is 19.7 Å². The minimum Gasteiger partial charge on any atom is -0.497 e. The molecule has 0 saturated carbocycles. The van der Waals surface area contributed by atoms with Crippen LogP contribution in [0, 0.1) is 27.7 Å². The zero-order valence-electron chi connectivity index (χ0n) is 37.5. The molecule has 0 radical (unpaired) electrons. The molecule has 6 rings (SSSR count). The highest BCUT2D eigenvalue weighted by atomic mass is 32.2. The molecule has 4 atom stereocenters. The quantitative estimate of drug-likeness (QED) is 0.0892. The van der Waals surface area contributed by atoms with Crippen LogP contribution in [0.4, 0.5) is 0 Å². The Balaban J connectivity index is 0.000000241. The van der Waals surface area contributed by atoms with Crippen LogP contribution < -0.4 is 9.47 Å². The third-order valence-corrected chi connectivity index (χ3v) is 15.1. The van der Waals surface area contributed by atoms with Gasteiger partial charge in [0, 0.05) is 38.6 Å². The van der Waals surface area contributed by atoms with Crippen LogP contribution in [0.25, 0.3) is 0 Å². The molecule has 340 valence electrons. The number of hydrogen-bond donors (Lipinski definition) is 2. The third-order valence-electron chi connectivity index (χ3n) is 10.8. The predicted molar refractivity (Wildman–Crippen MR) is 247 cm³/mol. The lowest BCUT2D eigenvalue weighted by atomic mass is 10.1. The van der Waals surface area contributed by atoms with Crippen molar-refractivity contribution in [1.82, 2.24) is 28.5 Å². The van der Waals surface area contributed by atoms with Gasteiger partial charge in [-0.25, -0.2) is 16.8 Å². The molecule has 0 aliphatic heterocycles. The molecule has 0 spiro atoms. The van der Waals surface area contributed by atoms with Crippen molar-refractivity contribution in [2.45, 2.75) is 90.4 Å². The van der Waals surface area contributed by atoms with Crippen LogP contribution in [0.5, 0.6) is 11.5 Å². The molecule has 0 aliphatic carbocycles. The van der Waals surface area contributed by atoms with Gasteiger partial charge in [-0.3, -0.25) is 19.9 Å². The van der Waals surface area contributed by atoms with E-state index >= 15 is 0 Å². The lowest BCUT2D eigenvalue weighted by Crippen LogP contribution is -2.39. The number of aliphatic hydroxyl groups excluding tert-OH is 2. The lowest BCUT2D eigenvalue weighted by molar-refractivity contribution is 0.167. The van der Waals surface area contributed by atoms with Crippen LogP contribution >= 0.6 is 0 Å². The van der Waals surface area contributed by atoms with Gasteiger partial charge in [-0.2, -0.15) is 8.61 Å².